The van der Waals surface area contributed by atoms with Gasteiger partial charge in [0, 0.05) is 24.9 Å². The molecule has 21 heavy (non-hydrogen) atoms. The molecule has 0 radical (unpaired) electrons. The van der Waals surface area contributed by atoms with E-state index in [2.05, 4.69) is 29.4 Å². The predicted octanol–water partition coefficient (Wildman–Crippen LogP) is 2.57. The van der Waals surface area contributed by atoms with Gasteiger partial charge in [0.2, 0.25) is 0 Å². The van der Waals surface area contributed by atoms with Crippen LogP contribution in [0.2, 0.25) is 5.02 Å². The molecule has 2 rings (SSSR count). The molecule has 5 nitrogen and oxygen atoms in total. The number of hydrogen-bond acceptors (Lipinski definition) is 4. The maximum atomic E-state index is 6.45. The molecule has 0 saturated carbocycles. The second kappa shape index (κ2) is 7.02. The van der Waals surface area contributed by atoms with Crippen LogP contribution in [-0.4, -0.2) is 14.8 Å². The first-order chi connectivity index (χ1) is 10.1. The van der Waals surface area contributed by atoms with Gasteiger partial charge >= 0.3 is 0 Å². The third kappa shape index (κ3) is 3.43. The van der Waals surface area contributed by atoms with Gasteiger partial charge in [0.05, 0.1) is 22.5 Å². The van der Waals surface area contributed by atoms with Crippen LogP contribution in [0.4, 0.5) is 0 Å². The first-order valence-corrected chi connectivity index (χ1v) is 7.61. The van der Waals surface area contributed by atoms with E-state index in [4.69, 9.17) is 17.4 Å². The van der Waals surface area contributed by atoms with Gasteiger partial charge in [0.1, 0.15) is 0 Å². The summed E-state index contributed by atoms with van der Waals surface area (Å²) in [6, 6.07) is 3.98. The van der Waals surface area contributed by atoms with Crippen LogP contribution in [0.5, 0.6) is 0 Å². The fourth-order valence-electron chi connectivity index (χ4n) is 2.36. The van der Waals surface area contributed by atoms with Crippen molar-refractivity contribution in [3.05, 3.63) is 46.0 Å². The van der Waals surface area contributed by atoms with E-state index in [1.165, 1.54) is 0 Å². The van der Waals surface area contributed by atoms with Crippen molar-refractivity contribution in [2.75, 3.05) is 0 Å². The van der Waals surface area contributed by atoms with Crippen LogP contribution in [0.3, 0.4) is 0 Å². The van der Waals surface area contributed by atoms with Crippen molar-refractivity contribution in [1.82, 2.24) is 20.2 Å². The van der Waals surface area contributed by atoms with E-state index in [1.54, 1.807) is 0 Å². The topological polar surface area (TPSA) is 68.8 Å². The van der Waals surface area contributed by atoms with Gasteiger partial charge in [-0.3, -0.25) is 20.9 Å². The van der Waals surface area contributed by atoms with Crippen molar-refractivity contribution in [1.29, 1.82) is 0 Å². The summed E-state index contributed by atoms with van der Waals surface area (Å²) in [5.41, 5.74) is 6.83. The Morgan fingerprint density at radius 3 is 2.67 bits per heavy atom. The summed E-state index contributed by atoms with van der Waals surface area (Å²) < 4.78 is 1.95. The number of nitrogens with two attached hydrogens (primary N) is 1. The summed E-state index contributed by atoms with van der Waals surface area (Å²) in [5.74, 6) is 5.72. The SMILES string of the molecule is CCc1nn(CC)c(CC(NN)c2ccc(C)nc2)c1Cl. The van der Waals surface area contributed by atoms with Crippen LogP contribution in [0.25, 0.3) is 0 Å². The summed E-state index contributed by atoms with van der Waals surface area (Å²) in [4.78, 5) is 4.33. The molecule has 0 fully saturated rings. The minimum Gasteiger partial charge on any atom is -0.271 e. The molecule has 0 amide bonds. The molecular formula is C15H22ClN5. The zero-order valence-corrected chi connectivity index (χ0v) is 13.5. The van der Waals surface area contributed by atoms with E-state index in [9.17, 15) is 0 Å². The molecule has 0 aromatic carbocycles. The Kier molecular flexibility index (Phi) is 5.33. The first-order valence-electron chi connectivity index (χ1n) is 7.23. The molecule has 6 heteroatoms. The lowest BCUT2D eigenvalue weighted by Gasteiger charge is -2.17. The van der Waals surface area contributed by atoms with Crippen LogP contribution < -0.4 is 11.3 Å². The highest BCUT2D eigenvalue weighted by Gasteiger charge is 2.19. The van der Waals surface area contributed by atoms with Crippen LogP contribution in [0.1, 0.15) is 42.5 Å². The van der Waals surface area contributed by atoms with Gasteiger partial charge in [-0.2, -0.15) is 5.10 Å². The van der Waals surface area contributed by atoms with Crippen molar-refractivity contribution in [2.24, 2.45) is 5.84 Å². The summed E-state index contributed by atoms with van der Waals surface area (Å²) in [5, 5.41) is 5.29. The van der Waals surface area contributed by atoms with Gasteiger partial charge in [-0.05, 0) is 31.9 Å². The van der Waals surface area contributed by atoms with E-state index in [1.807, 2.05) is 29.9 Å². The second-order valence-electron chi connectivity index (χ2n) is 5.03. The number of aromatic nitrogens is 3. The number of aryl methyl sites for hydroxylation is 3. The van der Waals surface area contributed by atoms with E-state index in [0.29, 0.717) is 6.42 Å². The molecule has 0 aliphatic rings. The molecule has 3 N–H and O–H groups in total. The Morgan fingerprint density at radius 1 is 1.38 bits per heavy atom. The first kappa shape index (κ1) is 15.9. The highest BCUT2D eigenvalue weighted by atomic mass is 35.5. The molecular weight excluding hydrogens is 286 g/mol. The molecule has 2 aromatic heterocycles. The Bertz CT molecular complexity index is 591. The molecule has 0 aliphatic heterocycles. The zero-order chi connectivity index (χ0) is 15.4. The van der Waals surface area contributed by atoms with Crippen molar-refractivity contribution in [3.8, 4) is 0 Å². The Morgan fingerprint density at radius 2 is 2.14 bits per heavy atom. The monoisotopic (exact) mass is 307 g/mol. The van der Waals surface area contributed by atoms with Crippen molar-refractivity contribution in [3.63, 3.8) is 0 Å². The molecule has 114 valence electrons. The average Bonchev–Trinajstić information content (AvgIpc) is 2.81. The largest absolute Gasteiger partial charge is 0.271 e. The van der Waals surface area contributed by atoms with Crippen LogP contribution in [0, 0.1) is 6.92 Å². The van der Waals surface area contributed by atoms with Gasteiger partial charge in [-0.15, -0.1) is 0 Å². The van der Waals surface area contributed by atoms with E-state index < -0.39 is 0 Å². The number of hydrogen-bond donors (Lipinski definition) is 2. The molecule has 0 aliphatic carbocycles. The van der Waals surface area contributed by atoms with Crippen LogP contribution in [-0.2, 0) is 19.4 Å². The molecule has 2 heterocycles. The number of hydrazine groups is 1. The highest BCUT2D eigenvalue weighted by molar-refractivity contribution is 6.31. The molecule has 1 unspecified atom stereocenters. The highest BCUT2D eigenvalue weighted by Crippen LogP contribution is 2.26. The van der Waals surface area contributed by atoms with Gasteiger partial charge in [-0.25, -0.2) is 0 Å². The zero-order valence-electron chi connectivity index (χ0n) is 12.7. The minimum atomic E-state index is -0.0395. The average molecular weight is 308 g/mol. The third-order valence-corrected chi connectivity index (χ3v) is 4.07. The normalized spacial score (nSPS) is 12.6. The second-order valence-corrected chi connectivity index (χ2v) is 5.41. The van der Waals surface area contributed by atoms with Gasteiger partial charge in [-0.1, -0.05) is 24.6 Å². The molecule has 0 bridgehead atoms. The smallest absolute Gasteiger partial charge is 0.0850 e. The van der Waals surface area contributed by atoms with Crippen molar-refractivity contribution in [2.45, 2.75) is 46.2 Å². The predicted molar refractivity (Wildman–Crippen MR) is 85.0 cm³/mol. The minimum absolute atomic E-state index is 0.0395. The number of halogens is 1. The summed E-state index contributed by atoms with van der Waals surface area (Å²) >= 11 is 6.45. The van der Waals surface area contributed by atoms with Crippen molar-refractivity contribution >= 4 is 11.6 Å². The molecule has 1 atom stereocenters. The quantitative estimate of drug-likeness (QED) is 0.636. The van der Waals surface area contributed by atoms with E-state index in [0.717, 1.165) is 40.6 Å². The standard InChI is InChI=1S/C15H22ClN5/c1-4-12-15(16)14(21(5-2)20-12)8-13(19-17)11-7-6-10(3)18-9-11/h6-7,9,13,19H,4-5,8,17H2,1-3H3. The lowest BCUT2D eigenvalue weighted by atomic mass is 10.0. The lowest BCUT2D eigenvalue weighted by molar-refractivity contribution is 0.515. The molecule has 0 saturated heterocycles. The number of nitrogens with one attached hydrogen (secondary N) is 1. The van der Waals surface area contributed by atoms with Crippen LogP contribution in [0.15, 0.2) is 18.3 Å². The fraction of sp³-hybridized carbons (Fsp3) is 0.467. The van der Waals surface area contributed by atoms with E-state index >= 15 is 0 Å². The Balaban J connectivity index is 2.30. The van der Waals surface area contributed by atoms with Gasteiger partial charge in [0.15, 0.2) is 0 Å². The van der Waals surface area contributed by atoms with Crippen molar-refractivity contribution < 1.29 is 0 Å². The van der Waals surface area contributed by atoms with Crippen LogP contribution >= 0.6 is 11.6 Å². The molecule has 2 aromatic rings. The third-order valence-electron chi connectivity index (χ3n) is 3.63. The Labute approximate surface area is 130 Å². The van der Waals surface area contributed by atoms with Gasteiger partial charge in [0.25, 0.3) is 0 Å². The maximum absolute atomic E-state index is 6.45. The fourth-order valence-corrected chi connectivity index (χ4v) is 2.71. The lowest BCUT2D eigenvalue weighted by Crippen LogP contribution is -2.30. The number of rotatable bonds is 6. The summed E-state index contributed by atoms with van der Waals surface area (Å²) in [6.07, 6.45) is 3.35. The number of nitrogens with zero attached hydrogens (tertiary/aromatic N) is 3. The summed E-state index contributed by atoms with van der Waals surface area (Å²) in [6.45, 7) is 6.87. The summed E-state index contributed by atoms with van der Waals surface area (Å²) in [7, 11) is 0. The van der Waals surface area contributed by atoms with Gasteiger partial charge < -0.3 is 0 Å². The number of pyridine rings is 1. The molecule has 0 spiro atoms. The maximum Gasteiger partial charge on any atom is 0.0850 e. The Hall–Kier alpha value is -1.43. The van der Waals surface area contributed by atoms with E-state index in [-0.39, 0.29) is 6.04 Å².